The molecule has 1 atom stereocenters. The highest BCUT2D eigenvalue weighted by molar-refractivity contribution is 5.90. The van der Waals surface area contributed by atoms with Crippen LogP contribution >= 0.6 is 0 Å². The van der Waals surface area contributed by atoms with E-state index < -0.39 is 0 Å². The molecule has 2 aromatic carbocycles. The number of aryl methyl sites for hydroxylation is 1. The smallest absolute Gasteiger partial charge is 0.334 e. The van der Waals surface area contributed by atoms with Crippen molar-refractivity contribution in [1.29, 1.82) is 0 Å². The number of cyclic esters (lactones) is 1. The molecule has 1 aliphatic heterocycles. The van der Waals surface area contributed by atoms with Crippen LogP contribution in [0.15, 0.2) is 73.1 Å². The SMILES string of the molecule is C=C1CC(c2ccc(-c3ccccc3)cc2-c2cnn(C)c2)OC1=O. The Morgan fingerprint density at radius 1 is 1.12 bits per heavy atom. The fraction of sp³-hybridized carbons (Fsp3) is 0.143. The molecule has 1 unspecified atom stereocenters. The Labute approximate surface area is 146 Å². The lowest BCUT2D eigenvalue weighted by Gasteiger charge is -2.15. The monoisotopic (exact) mass is 330 g/mol. The van der Waals surface area contributed by atoms with Crippen molar-refractivity contribution in [3.8, 4) is 22.3 Å². The minimum atomic E-state index is -0.311. The molecule has 1 fully saturated rings. The zero-order valence-corrected chi connectivity index (χ0v) is 14.0. The number of hydrogen-bond acceptors (Lipinski definition) is 3. The van der Waals surface area contributed by atoms with E-state index >= 15 is 0 Å². The zero-order valence-electron chi connectivity index (χ0n) is 14.0. The summed E-state index contributed by atoms with van der Waals surface area (Å²) in [5.74, 6) is -0.311. The van der Waals surface area contributed by atoms with Gasteiger partial charge in [-0.3, -0.25) is 4.68 Å². The molecule has 2 heterocycles. The number of nitrogens with zero attached hydrogens (tertiary/aromatic N) is 2. The fourth-order valence-electron chi connectivity index (χ4n) is 3.19. The second kappa shape index (κ2) is 6.06. The second-order valence-corrected chi connectivity index (χ2v) is 6.27. The number of rotatable bonds is 3. The minimum Gasteiger partial charge on any atom is -0.454 e. The first-order valence-corrected chi connectivity index (χ1v) is 8.19. The Bertz CT molecular complexity index is 941. The summed E-state index contributed by atoms with van der Waals surface area (Å²) in [6.07, 6.45) is 4.04. The molecule has 0 saturated carbocycles. The molecule has 4 rings (SSSR count). The summed E-state index contributed by atoms with van der Waals surface area (Å²) in [6.45, 7) is 3.79. The van der Waals surface area contributed by atoms with Gasteiger partial charge in [0, 0.05) is 36.4 Å². The molecule has 4 nitrogen and oxygen atoms in total. The third-order valence-electron chi connectivity index (χ3n) is 4.49. The number of ether oxygens (including phenoxy) is 1. The van der Waals surface area contributed by atoms with Gasteiger partial charge >= 0.3 is 5.97 Å². The molecule has 1 saturated heterocycles. The summed E-state index contributed by atoms with van der Waals surface area (Å²) in [7, 11) is 1.89. The van der Waals surface area contributed by atoms with Crippen LogP contribution in [0, 0.1) is 0 Å². The van der Waals surface area contributed by atoms with Gasteiger partial charge < -0.3 is 4.74 Å². The maximum atomic E-state index is 11.8. The van der Waals surface area contributed by atoms with E-state index in [0.29, 0.717) is 12.0 Å². The maximum Gasteiger partial charge on any atom is 0.334 e. The summed E-state index contributed by atoms with van der Waals surface area (Å²) in [4.78, 5) is 11.8. The van der Waals surface area contributed by atoms with Crippen molar-refractivity contribution < 1.29 is 9.53 Å². The van der Waals surface area contributed by atoms with Crippen molar-refractivity contribution in [1.82, 2.24) is 9.78 Å². The van der Waals surface area contributed by atoms with Gasteiger partial charge in [0.2, 0.25) is 0 Å². The Morgan fingerprint density at radius 3 is 2.56 bits per heavy atom. The van der Waals surface area contributed by atoms with Crippen molar-refractivity contribution in [2.24, 2.45) is 7.05 Å². The van der Waals surface area contributed by atoms with E-state index in [1.54, 1.807) is 4.68 Å². The van der Waals surface area contributed by atoms with Crippen molar-refractivity contribution in [2.45, 2.75) is 12.5 Å². The van der Waals surface area contributed by atoms with E-state index in [2.05, 4.69) is 35.9 Å². The summed E-state index contributed by atoms with van der Waals surface area (Å²) in [5, 5.41) is 4.28. The number of benzene rings is 2. The largest absolute Gasteiger partial charge is 0.454 e. The first-order valence-electron chi connectivity index (χ1n) is 8.19. The minimum absolute atomic E-state index is 0.292. The number of esters is 1. The van der Waals surface area contributed by atoms with Crippen LogP contribution in [0.4, 0.5) is 0 Å². The Morgan fingerprint density at radius 2 is 1.92 bits per heavy atom. The average Bonchev–Trinajstić information content (AvgIpc) is 3.21. The molecule has 1 aliphatic rings. The number of aromatic nitrogens is 2. The molecule has 124 valence electrons. The standard InChI is InChI=1S/C21H18N2O2/c1-14-10-20(25-21(14)24)18-9-8-16(15-6-4-3-5-7-15)11-19(18)17-12-22-23(2)13-17/h3-9,11-13,20H,1,10H2,2H3. The Hall–Kier alpha value is -3.14. The highest BCUT2D eigenvalue weighted by Gasteiger charge is 2.30. The molecule has 0 radical (unpaired) electrons. The van der Waals surface area contributed by atoms with Crippen molar-refractivity contribution >= 4 is 5.97 Å². The number of carbonyl (C=O) groups is 1. The van der Waals surface area contributed by atoms with Crippen LogP contribution in [0.2, 0.25) is 0 Å². The lowest BCUT2D eigenvalue weighted by Crippen LogP contribution is -2.01. The van der Waals surface area contributed by atoms with Crippen molar-refractivity contribution in [2.75, 3.05) is 0 Å². The van der Waals surface area contributed by atoms with Gasteiger partial charge in [0.05, 0.1) is 6.20 Å². The molecule has 0 amide bonds. The molecule has 0 spiro atoms. The van der Waals surface area contributed by atoms with Gasteiger partial charge in [0.1, 0.15) is 6.10 Å². The lowest BCUT2D eigenvalue weighted by molar-refractivity contribution is -0.139. The number of carbonyl (C=O) groups excluding carboxylic acids is 1. The summed E-state index contributed by atoms with van der Waals surface area (Å²) in [6, 6.07) is 16.5. The average molecular weight is 330 g/mol. The number of hydrogen-bond donors (Lipinski definition) is 0. The predicted molar refractivity (Wildman–Crippen MR) is 96.7 cm³/mol. The molecule has 0 bridgehead atoms. The Kier molecular flexibility index (Phi) is 3.73. The molecule has 0 aliphatic carbocycles. The Balaban J connectivity index is 1.84. The van der Waals surface area contributed by atoms with Gasteiger partial charge in [0.15, 0.2) is 0 Å². The quantitative estimate of drug-likeness (QED) is 0.531. The molecular formula is C21H18N2O2. The highest BCUT2D eigenvalue weighted by Crippen LogP contribution is 2.39. The van der Waals surface area contributed by atoms with Crippen LogP contribution in [0.1, 0.15) is 18.1 Å². The predicted octanol–water partition coefficient (Wildman–Crippen LogP) is 4.30. The molecule has 3 aromatic rings. The first-order chi connectivity index (χ1) is 12.1. The molecule has 0 N–H and O–H groups in total. The van der Waals surface area contributed by atoms with Crippen LogP contribution < -0.4 is 0 Å². The first kappa shape index (κ1) is 15.4. The molecular weight excluding hydrogens is 312 g/mol. The van der Waals surface area contributed by atoms with Gasteiger partial charge in [0.25, 0.3) is 0 Å². The zero-order chi connectivity index (χ0) is 17.4. The third kappa shape index (κ3) is 2.87. The van der Waals surface area contributed by atoms with Crippen LogP contribution in [0.25, 0.3) is 22.3 Å². The van der Waals surface area contributed by atoms with E-state index in [-0.39, 0.29) is 12.1 Å². The molecule has 1 aromatic heterocycles. The van der Waals surface area contributed by atoms with Gasteiger partial charge in [-0.15, -0.1) is 0 Å². The van der Waals surface area contributed by atoms with Crippen LogP contribution in [-0.2, 0) is 16.6 Å². The normalized spacial score (nSPS) is 16.9. The van der Waals surface area contributed by atoms with Gasteiger partial charge in [-0.2, -0.15) is 5.10 Å². The van der Waals surface area contributed by atoms with Crippen LogP contribution in [0.5, 0.6) is 0 Å². The second-order valence-electron chi connectivity index (χ2n) is 6.27. The van der Waals surface area contributed by atoms with E-state index in [4.69, 9.17) is 4.74 Å². The van der Waals surface area contributed by atoms with E-state index in [0.717, 1.165) is 27.8 Å². The van der Waals surface area contributed by atoms with Crippen LogP contribution in [-0.4, -0.2) is 15.7 Å². The molecule has 4 heteroatoms. The highest BCUT2D eigenvalue weighted by atomic mass is 16.5. The van der Waals surface area contributed by atoms with Gasteiger partial charge in [-0.25, -0.2) is 4.79 Å². The summed E-state index contributed by atoms with van der Waals surface area (Å²) < 4.78 is 7.28. The van der Waals surface area contributed by atoms with Gasteiger partial charge in [-0.1, -0.05) is 49.0 Å². The topological polar surface area (TPSA) is 44.1 Å². The van der Waals surface area contributed by atoms with E-state index in [9.17, 15) is 4.79 Å². The van der Waals surface area contributed by atoms with Crippen molar-refractivity contribution in [3.63, 3.8) is 0 Å². The lowest BCUT2D eigenvalue weighted by atomic mass is 9.92. The molecule has 25 heavy (non-hydrogen) atoms. The third-order valence-corrected chi connectivity index (χ3v) is 4.49. The van der Waals surface area contributed by atoms with E-state index in [1.165, 1.54) is 0 Å². The summed E-state index contributed by atoms with van der Waals surface area (Å²) >= 11 is 0. The summed E-state index contributed by atoms with van der Waals surface area (Å²) in [5.41, 5.74) is 5.80. The van der Waals surface area contributed by atoms with E-state index in [1.807, 2.05) is 43.7 Å². The van der Waals surface area contributed by atoms with Crippen LogP contribution in [0.3, 0.4) is 0 Å². The van der Waals surface area contributed by atoms with Crippen molar-refractivity contribution in [3.05, 3.63) is 78.6 Å². The maximum absolute atomic E-state index is 11.8. The van der Waals surface area contributed by atoms with Gasteiger partial charge in [-0.05, 0) is 22.8 Å². The fourth-order valence-corrected chi connectivity index (χ4v) is 3.19.